The van der Waals surface area contributed by atoms with Crippen LogP contribution in [0.4, 0.5) is 5.82 Å². The minimum atomic E-state index is -1.03. The van der Waals surface area contributed by atoms with Crippen molar-refractivity contribution < 1.29 is 9.90 Å². The lowest BCUT2D eigenvalue weighted by Crippen LogP contribution is -2.29. The highest BCUT2D eigenvalue weighted by Crippen LogP contribution is 2.25. The summed E-state index contributed by atoms with van der Waals surface area (Å²) in [7, 11) is 0. The molecule has 0 bridgehead atoms. The fourth-order valence-corrected chi connectivity index (χ4v) is 2.73. The second-order valence-corrected chi connectivity index (χ2v) is 5.83. The van der Waals surface area contributed by atoms with Crippen LogP contribution in [-0.2, 0) is 0 Å². The molecule has 0 aliphatic carbocycles. The Kier molecular flexibility index (Phi) is 4.83. The number of carbonyl (C=O) groups is 1. The molecule has 2 N–H and O–H groups in total. The highest BCUT2D eigenvalue weighted by molar-refractivity contribution is 6.35. The van der Waals surface area contributed by atoms with Gasteiger partial charge in [0, 0.05) is 25.3 Å². The van der Waals surface area contributed by atoms with Gasteiger partial charge in [0.2, 0.25) is 0 Å². The van der Waals surface area contributed by atoms with Crippen molar-refractivity contribution in [2.45, 2.75) is 26.3 Å². The maximum atomic E-state index is 11.0. The van der Waals surface area contributed by atoms with E-state index in [4.69, 9.17) is 16.7 Å². The van der Waals surface area contributed by atoms with Gasteiger partial charge in [0.25, 0.3) is 0 Å². The lowest BCUT2D eigenvalue weighted by Gasteiger charge is -2.20. The smallest absolute Gasteiger partial charge is 0.337 e. The highest BCUT2D eigenvalue weighted by atomic mass is 35.5. The molecule has 1 aliphatic heterocycles. The first-order valence-electron chi connectivity index (χ1n) is 6.84. The van der Waals surface area contributed by atoms with Gasteiger partial charge in [-0.1, -0.05) is 11.6 Å². The number of aromatic nitrogens is 1. The number of carboxylic acid groups (broad SMARTS) is 1. The number of nitrogens with one attached hydrogen (secondary N) is 1. The number of hydrogen-bond acceptors (Lipinski definition) is 4. The van der Waals surface area contributed by atoms with Crippen molar-refractivity contribution in [1.82, 2.24) is 9.88 Å². The molecule has 2 heterocycles. The average molecular weight is 298 g/mol. The van der Waals surface area contributed by atoms with Crippen molar-refractivity contribution in [3.05, 3.63) is 22.8 Å². The van der Waals surface area contributed by atoms with Crippen molar-refractivity contribution in [2.24, 2.45) is 5.92 Å². The number of rotatable bonds is 5. The van der Waals surface area contributed by atoms with Crippen LogP contribution in [0.25, 0.3) is 0 Å². The van der Waals surface area contributed by atoms with E-state index < -0.39 is 5.97 Å². The van der Waals surface area contributed by atoms with Gasteiger partial charge in [-0.15, -0.1) is 0 Å². The number of nitrogens with zero attached hydrogens (tertiary/aromatic N) is 2. The number of likely N-dealkylation sites (tertiary alicyclic amines) is 1. The SMILES string of the molecule is CC(C)N1CCC(CNc2nccc(C(=O)O)c2Cl)C1. The number of anilines is 1. The van der Waals surface area contributed by atoms with Gasteiger partial charge in [0.1, 0.15) is 5.82 Å². The molecule has 1 unspecified atom stereocenters. The van der Waals surface area contributed by atoms with Crippen LogP contribution in [0, 0.1) is 5.92 Å². The predicted octanol–water partition coefficient (Wildman–Crippen LogP) is 2.58. The molecule has 1 saturated heterocycles. The van der Waals surface area contributed by atoms with Crippen molar-refractivity contribution >= 4 is 23.4 Å². The Hall–Kier alpha value is -1.33. The van der Waals surface area contributed by atoms with Gasteiger partial charge in [0.05, 0.1) is 10.6 Å². The third kappa shape index (κ3) is 3.41. The minimum Gasteiger partial charge on any atom is -0.478 e. The molecule has 0 spiro atoms. The van der Waals surface area contributed by atoms with Crippen LogP contribution in [0.1, 0.15) is 30.6 Å². The molecule has 1 aromatic rings. The van der Waals surface area contributed by atoms with Gasteiger partial charge in [-0.3, -0.25) is 0 Å². The summed E-state index contributed by atoms with van der Waals surface area (Å²) in [6, 6.07) is 1.98. The molecule has 1 aromatic heterocycles. The predicted molar refractivity (Wildman–Crippen MR) is 79.5 cm³/mol. The van der Waals surface area contributed by atoms with E-state index >= 15 is 0 Å². The van der Waals surface area contributed by atoms with E-state index in [0.29, 0.717) is 17.8 Å². The Balaban J connectivity index is 1.95. The van der Waals surface area contributed by atoms with Crippen LogP contribution in [0.2, 0.25) is 5.02 Å². The summed E-state index contributed by atoms with van der Waals surface area (Å²) >= 11 is 6.05. The van der Waals surface area contributed by atoms with Crippen LogP contribution >= 0.6 is 11.6 Å². The second-order valence-electron chi connectivity index (χ2n) is 5.45. The summed E-state index contributed by atoms with van der Waals surface area (Å²) in [4.78, 5) is 17.6. The first-order chi connectivity index (χ1) is 9.49. The maximum absolute atomic E-state index is 11.0. The molecule has 0 radical (unpaired) electrons. The van der Waals surface area contributed by atoms with Crippen LogP contribution in [-0.4, -0.2) is 46.6 Å². The first-order valence-corrected chi connectivity index (χ1v) is 7.22. The molecule has 1 fully saturated rings. The van der Waals surface area contributed by atoms with E-state index in [9.17, 15) is 4.79 Å². The van der Waals surface area contributed by atoms with E-state index in [1.807, 2.05) is 0 Å². The zero-order valence-electron chi connectivity index (χ0n) is 11.8. The van der Waals surface area contributed by atoms with E-state index in [1.165, 1.54) is 12.3 Å². The molecule has 0 aromatic carbocycles. The number of halogens is 1. The molecule has 1 aliphatic rings. The lowest BCUT2D eigenvalue weighted by molar-refractivity contribution is 0.0697. The third-order valence-corrected chi connectivity index (χ3v) is 4.11. The molecule has 20 heavy (non-hydrogen) atoms. The quantitative estimate of drug-likeness (QED) is 0.874. The molecular formula is C14H20ClN3O2. The monoisotopic (exact) mass is 297 g/mol. The van der Waals surface area contributed by atoms with E-state index in [-0.39, 0.29) is 10.6 Å². The number of pyridine rings is 1. The Labute approximate surface area is 123 Å². The summed E-state index contributed by atoms with van der Waals surface area (Å²) in [5, 5.41) is 12.4. The number of hydrogen-bond donors (Lipinski definition) is 2. The normalized spacial score (nSPS) is 19.5. The zero-order valence-corrected chi connectivity index (χ0v) is 12.5. The summed E-state index contributed by atoms with van der Waals surface area (Å²) < 4.78 is 0. The molecule has 1 atom stereocenters. The second kappa shape index (κ2) is 6.41. The topological polar surface area (TPSA) is 65.5 Å². The molecule has 110 valence electrons. The minimum absolute atomic E-state index is 0.0828. The Morgan fingerprint density at radius 3 is 3.00 bits per heavy atom. The van der Waals surface area contributed by atoms with Crippen molar-refractivity contribution in [2.75, 3.05) is 25.0 Å². The van der Waals surface area contributed by atoms with E-state index in [1.54, 1.807) is 0 Å². The first kappa shape index (κ1) is 15.1. The summed E-state index contributed by atoms with van der Waals surface area (Å²) in [6.45, 7) is 7.33. The van der Waals surface area contributed by atoms with Gasteiger partial charge in [-0.05, 0) is 38.8 Å². The van der Waals surface area contributed by atoms with Crippen molar-refractivity contribution in [3.8, 4) is 0 Å². The van der Waals surface area contributed by atoms with Crippen LogP contribution < -0.4 is 5.32 Å². The number of carboxylic acids is 1. The van der Waals surface area contributed by atoms with Crippen LogP contribution in [0.15, 0.2) is 12.3 Å². The molecule has 6 heteroatoms. The van der Waals surface area contributed by atoms with Gasteiger partial charge in [0.15, 0.2) is 0 Å². The van der Waals surface area contributed by atoms with Crippen molar-refractivity contribution in [3.63, 3.8) is 0 Å². The van der Waals surface area contributed by atoms with Gasteiger partial charge in [-0.25, -0.2) is 9.78 Å². The van der Waals surface area contributed by atoms with Crippen molar-refractivity contribution in [1.29, 1.82) is 0 Å². The Morgan fingerprint density at radius 2 is 2.40 bits per heavy atom. The third-order valence-electron chi connectivity index (χ3n) is 3.73. The summed E-state index contributed by atoms with van der Waals surface area (Å²) in [6.07, 6.45) is 2.61. The van der Waals surface area contributed by atoms with Crippen LogP contribution in [0.5, 0.6) is 0 Å². The van der Waals surface area contributed by atoms with Gasteiger partial charge in [-0.2, -0.15) is 0 Å². The Morgan fingerprint density at radius 1 is 1.65 bits per heavy atom. The van der Waals surface area contributed by atoms with Gasteiger partial charge >= 0.3 is 5.97 Å². The fourth-order valence-electron chi connectivity index (χ4n) is 2.47. The molecule has 5 nitrogen and oxygen atoms in total. The molecule has 2 rings (SSSR count). The fraction of sp³-hybridized carbons (Fsp3) is 0.571. The standard InChI is InChI=1S/C14H20ClN3O2/c1-9(2)18-6-4-10(8-18)7-17-13-12(15)11(14(19)20)3-5-16-13/h3,5,9-10H,4,6-8H2,1-2H3,(H,16,17)(H,19,20). The molecule has 0 amide bonds. The van der Waals surface area contributed by atoms with E-state index in [2.05, 4.69) is 29.0 Å². The number of aromatic carboxylic acids is 1. The molecular weight excluding hydrogens is 278 g/mol. The summed E-state index contributed by atoms with van der Waals surface area (Å²) in [5.74, 6) is -0.0365. The highest BCUT2D eigenvalue weighted by Gasteiger charge is 2.24. The Bertz CT molecular complexity index is 493. The largest absolute Gasteiger partial charge is 0.478 e. The molecule has 0 saturated carbocycles. The van der Waals surface area contributed by atoms with Crippen LogP contribution in [0.3, 0.4) is 0 Å². The average Bonchev–Trinajstić information content (AvgIpc) is 2.86. The zero-order chi connectivity index (χ0) is 14.7. The summed E-state index contributed by atoms with van der Waals surface area (Å²) in [5.41, 5.74) is 0.0828. The van der Waals surface area contributed by atoms with E-state index in [0.717, 1.165) is 26.1 Å². The van der Waals surface area contributed by atoms with Gasteiger partial charge < -0.3 is 15.3 Å². The maximum Gasteiger partial charge on any atom is 0.337 e. The lowest BCUT2D eigenvalue weighted by atomic mass is 10.1.